The second kappa shape index (κ2) is 6.43. The molecule has 18 heavy (non-hydrogen) atoms. The SMILES string of the molecule is Cc1ccc(OC(C)C)c(CC(=O)OC(C)C)c1. The lowest BCUT2D eigenvalue weighted by molar-refractivity contribution is -0.146. The molecule has 0 amide bonds. The minimum atomic E-state index is -0.218. The first-order valence-corrected chi connectivity index (χ1v) is 6.34. The van der Waals surface area contributed by atoms with Gasteiger partial charge in [0.05, 0.1) is 18.6 Å². The van der Waals surface area contributed by atoms with Crippen molar-refractivity contribution >= 4 is 5.97 Å². The molecule has 0 spiro atoms. The maximum absolute atomic E-state index is 11.7. The molecule has 1 aromatic carbocycles. The van der Waals surface area contributed by atoms with Crippen LogP contribution in [0, 0.1) is 6.92 Å². The number of carbonyl (C=O) groups excluding carboxylic acids is 1. The molecular weight excluding hydrogens is 228 g/mol. The van der Waals surface area contributed by atoms with Crippen molar-refractivity contribution in [1.82, 2.24) is 0 Å². The number of benzene rings is 1. The highest BCUT2D eigenvalue weighted by Crippen LogP contribution is 2.22. The normalized spacial score (nSPS) is 10.8. The first-order valence-electron chi connectivity index (χ1n) is 6.34. The van der Waals surface area contributed by atoms with Gasteiger partial charge in [-0.2, -0.15) is 0 Å². The van der Waals surface area contributed by atoms with Crippen LogP contribution >= 0.6 is 0 Å². The standard InChI is InChI=1S/C15H22O3/c1-10(2)17-14-7-6-12(5)8-13(14)9-15(16)18-11(3)4/h6-8,10-11H,9H2,1-5H3. The van der Waals surface area contributed by atoms with Gasteiger partial charge in [0.25, 0.3) is 0 Å². The largest absolute Gasteiger partial charge is 0.491 e. The second-order valence-electron chi connectivity index (χ2n) is 4.99. The Kier molecular flexibility index (Phi) is 5.20. The monoisotopic (exact) mass is 250 g/mol. The van der Waals surface area contributed by atoms with E-state index in [2.05, 4.69) is 0 Å². The number of ether oxygens (including phenoxy) is 2. The van der Waals surface area contributed by atoms with Crippen LogP contribution in [-0.4, -0.2) is 18.2 Å². The van der Waals surface area contributed by atoms with Crippen LogP contribution in [0.2, 0.25) is 0 Å². The summed E-state index contributed by atoms with van der Waals surface area (Å²) in [4.78, 5) is 11.7. The maximum atomic E-state index is 11.7. The van der Waals surface area contributed by atoms with Crippen LogP contribution in [-0.2, 0) is 16.0 Å². The predicted molar refractivity (Wildman–Crippen MR) is 71.9 cm³/mol. The predicted octanol–water partition coefficient (Wildman–Crippen LogP) is 3.28. The van der Waals surface area contributed by atoms with Crippen molar-refractivity contribution in [3.8, 4) is 5.75 Å². The molecule has 0 heterocycles. The van der Waals surface area contributed by atoms with Gasteiger partial charge in [0.1, 0.15) is 5.75 Å². The first kappa shape index (κ1) is 14.6. The molecule has 0 N–H and O–H groups in total. The van der Waals surface area contributed by atoms with E-state index in [-0.39, 0.29) is 24.6 Å². The Morgan fingerprint density at radius 3 is 2.39 bits per heavy atom. The van der Waals surface area contributed by atoms with Crippen LogP contribution in [0.3, 0.4) is 0 Å². The highest BCUT2D eigenvalue weighted by molar-refractivity contribution is 5.73. The van der Waals surface area contributed by atoms with Gasteiger partial charge in [-0.3, -0.25) is 4.79 Å². The van der Waals surface area contributed by atoms with Gasteiger partial charge in [-0.25, -0.2) is 0 Å². The van der Waals surface area contributed by atoms with Gasteiger partial charge in [0, 0.05) is 5.56 Å². The lowest BCUT2D eigenvalue weighted by Gasteiger charge is -2.15. The van der Waals surface area contributed by atoms with E-state index in [1.165, 1.54) is 0 Å². The lowest BCUT2D eigenvalue weighted by atomic mass is 10.1. The van der Waals surface area contributed by atoms with Gasteiger partial charge in [0.15, 0.2) is 0 Å². The number of esters is 1. The smallest absolute Gasteiger partial charge is 0.310 e. The van der Waals surface area contributed by atoms with Gasteiger partial charge >= 0.3 is 5.97 Å². The summed E-state index contributed by atoms with van der Waals surface area (Å²) in [5.41, 5.74) is 1.99. The molecule has 0 aliphatic carbocycles. The van der Waals surface area contributed by atoms with Crippen molar-refractivity contribution in [3.63, 3.8) is 0 Å². The molecular formula is C15H22O3. The Balaban J connectivity index is 2.84. The summed E-state index contributed by atoms with van der Waals surface area (Å²) in [6.07, 6.45) is 0.256. The highest BCUT2D eigenvalue weighted by Gasteiger charge is 2.12. The molecule has 3 nitrogen and oxygen atoms in total. The fraction of sp³-hybridized carbons (Fsp3) is 0.533. The number of rotatable bonds is 5. The van der Waals surface area contributed by atoms with Gasteiger partial charge in [-0.1, -0.05) is 17.7 Å². The van der Waals surface area contributed by atoms with E-state index < -0.39 is 0 Å². The van der Waals surface area contributed by atoms with E-state index >= 15 is 0 Å². The Bertz CT molecular complexity index is 408. The summed E-state index contributed by atoms with van der Waals surface area (Å²) in [6, 6.07) is 5.86. The molecule has 0 saturated heterocycles. The van der Waals surface area contributed by atoms with Gasteiger partial charge in [-0.05, 0) is 40.7 Å². The minimum absolute atomic E-state index is 0.0863. The Hall–Kier alpha value is -1.51. The number of hydrogen-bond donors (Lipinski definition) is 0. The number of aryl methyl sites for hydroxylation is 1. The molecule has 0 aliphatic heterocycles. The van der Waals surface area contributed by atoms with Crippen molar-refractivity contribution in [2.75, 3.05) is 0 Å². The van der Waals surface area contributed by atoms with Crippen LogP contribution in [0.1, 0.15) is 38.8 Å². The average Bonchev–Trinajstić information content (AvgIpc) is 2.20. The van der Waals surface area contributed by atoms with Gasteiger partial charge in [-0.15, -0.1) is 0 Å². The number of carbonyl (C=O) groups is 1. The highest BCUT2D eigenvalue weighted by atomic mass is 16.5. The minimum Gasteiger partial charge on any atom is -0.491 e. The molecule has 0 aromatic heterocycles. The Morgan fingerprint density at radius 1 is 1.17 bits per heavy atom. The van der Waals surface area contributed by atoms with Crippen molar-refractivity contribution < 1.29 is 14.3 Å². The van der Waals surface area contributed by atoms with Crippen molar-refractivity contribution in [3.05, 3.63) is 29.3 Å². The lowest BCUT2D eigenvalue weighted by Crippen LogP contribution is -2.15. The summed E-state index contributed by atoms with van der Waals surface area (Å²) >= 11 is 0. The average molecular weight is 250 g/mol. The molecule has 0 unspecified atom stereocenters. The van der Waals surface area contributed by atoms with Crippen molar-refractivity contribution in [2.45, 2.75) is 53.2 Å². The van der Waals surface area contributed by atoms with Crippen LogP contribution in [0.5, 0.6) is 5.75 Å². The zero-order chi connectivity index (χ0) is 13.7. The molecule has 3 heteroatoms. The molecule has 1 rings (SSSR count). The van der Waals surface area contributed by atoms with E-state index in [9.17, 15) is 4.79 Å². The molecule has 0 saturated carbocycles. The van der Waals surface area contributed by atoms with Crippen molar-refractivity contribution in [2.24, 2.45) is 0 Å². The first-order chi connectivity index (χ1) is 8.38. The second-order valence-corrected chi connectivity index (χ2v) is 4.99. The van der Waals surface area contributed by atoms with Crippen LogP contribution in [0.25, 0.3) is 0 Å². The third-order valence-corrected chi connectivity index (χ3v) is 2.28. The maximum Gasteiger partial charge on any atom is 0.310 e. The molecule has 0 aliphatic rings. The summed E-state index contributed by atoms with van der Waals surface area (Å²) in [7, 11) is 0. The third-order valence-electron chi connectivity index (χ3n) is 2.28. The van der Waals surface area contributed by atoms with E-state index in [0.717, 1.165) is 16.9 Å². The molecule has 100 valence electrons. The molecule has 0 radical (unpaired) electrons. The topological polar surface area (TPSA) is 35.5 Å². The van der Waals surface area contributed by atoms with E-state index in [1.807, 2.05) is 52.8 Å². The van der Waals surface area contributed by atoms with Gasteiger partial charge < -0.3 is 9.47 Å². The van der Waals surface area contributed by atoms with Crippen LogP contribution < -0.4 is 4.74 Å². The van der Waals surface area contributed by atoms with Crippen molar-refractivity contribution in [1.29, 1.82) is 0 Å². The third kappa shape index (κ3) is 4.78. The molecule has 0 bridgehead atoms. The zero-order valence-electron chi connectivity index (χ0n) is 11.8. The van der Waals surface area contributed by atoms with E-state index in [4.69, 9.17) is 9.47 Å². The summed E-state index contributed by atoms with van der Waals surface area (Å²) in [5, 5.41) is 0. The zero-order valence-corrected chi connectivity index (χ0v) is 11.8. The molecule has 1 aromatic rings. The molecule has 0 fully saturated rings. The fourth-order valence-electron chi connectivity index (χ4n) is 1.68. The Labute approximate surface area is 109 Å². The van der Waals surface area contributed by atoms with Crippen LogP contribution in [0.15, 0.2) is 18.2 Å². The fourth-order valence-corrected chi connectivity index (χ4v) is 1.68. The summed E-state index contributed by atoms with van der Waals surface area (Å²) in [5.74, 6) is 0.542. The number of hydrogen-bond acceptors (Lipinski definition) is 3. The Morgan fingerprint density at radius 2 is 1.83 bits per heavy atom. The van der Waals surface area contributed by atoms with Gasteiger partial charge in [0.2, 0.25) is 0 Å². The quantitative estimate of drug-likeness (QED) is 0.752. The van der Waals surface area contributed by atoms with E-state index in [1.54, 1.807) is 0 Å². The summed E-state index contributed by atoms with van der Waals surface area (Å²) < 4.78 is 10.9. The summed E-state index contributed by atoms with van der Waals surface area (Å²) in [6.45, 7) is 9.63. The molecule has 0 atom stereocenters. The van der Waals surface area contributed by atoms with E-state index in [0.29, 0.717) is 0 Å². The van der Waals surface area contributed by atoms with Crippen LogP contribution in [0.4, 0.5) is 0 Å².